The van der Waals surface area contributed by atoms with E-state index in [1.54, 1.807) is 44.5 Å². The zero-order valence-corrected chi connectivity index (χ0v) is 22.9. The number of aliphatic imine (C=N–C) groups is 1. The lowest BCUT2D eigenvalue weighted by molar-refractivity contribution is -0.136. The number of β-amino-alcohol motifs (C(OH)–C–C–N with tert-alkyl or cyclic N) is 1. The summed E-state index contributed by atoms with van der Waals surface area (Å²) in [7, 11) is 0. The highest BCUT2D eigenvalue weighted by Gasteiger charge is 2.48. The molecule has 2 aromatic rings. The number of hydrogen-bond donors (Lipinski definition) is 4. The van der Waals surface area contributed by atoms with Gasteiger partial charge in [-0.15, -0.1) is 23.7 Å². The van der Waals surface area contributed by atoms with Gasteiger partial charge < -0.3 is 25.7 Å². The van der Waals surface area contributed by atoms with E-state index in [2.05, 4.69) is 15.6 Å². The fourth-order valence-electron chi connectivity index (χ4n) is 4.69. The molecule has 0 bridgehead atoms. The number of aromatic nitrogens is 1. The number of carboxylic acid groups (broad SMARTS) is 1. The van der Waals surface area contributed by atoms with Crippen LogP contribution < -0.4 is 10.6 Å². The van der Waals surface area contributed by atoms with Crippen LogP contribution >= 0.6 is 23.7 Å². The Balaban J connectivity index is 0.00000380. The molecule has 1 aromatic heterocycles. The molecule has 12 heteroatoms. The van der Waals surface area contributed by atoms with Crippen molar-refractivity contribution in [1.29, 1.82) is 0 Å². The van der Waals surface area contributed by atoms with Crippen molar-refractivity contribution >= 4 is 47.5 Å². The van der Waals surface area contributed by atoms with Crippen molar-refractivity contribution in [1.82, 2.24) is 20.5 Å². The van der Waals surface area contributed by atoms with Crippen molar-refractivity contribution in [3.05, 3.63) is 41.0 Å². The first-order valence-electron chi connectivity index (χ1n) is 11.7. The van der Waals surface area contributed by atoms with E-state index < -0.39 is 41.1 Å². The number of rotatable bonds is 5. The van der Waals surface area contributed by atoms with Gasteiger partial charge in [0.15, 0.2) is 5.54 Å². The Hall–Kier alpha value is -3.02. The maximum atomic E-state index is 13.4. The predicted molar refractivity (Wildman–Crippen MR) is 143 cm³/mol. The SMILES string of the molecule is Cc1ncsc1-c1ccc(C2(C)N=C(C3C[C@@H](O)CN3C(=O)[C@@H](NC(=O)O)C(C)(C)C)NC2=O)cc1.Cl. The van der Waals surface area contributed by atoms with Gasteiger partial charge in [-0.2, -0.15) is 0 Å². The number of amidine groups is 1. The molecule has 37 heavy (non-hydrogen) atoms. The Morgan fingerprint density at radius 2 is 1.92 bits per heavy atom. The number of amides is 3. The van der Waals surface area contributed by atoms with Gasteiger partial charge in [0.2, 0.25) is 5.91 Å². The first-order chi connectivity index (χ1) is 16.8. The summed E-state index contributed by atoms with van der Waals surface area (Å²) in [5.74, 6) is -0.511. The van der Waals surface area contributed by atoms with E-state index in [0.717, 1.165) is 16.1 Å². The number of aliphatic hydroxyl groups excluding tert-OH is 1. The molecular weight excluding hydrogens is 518 g/mol. The van der Waals surface area contributed by atoms with E-state index in [0.29, 0.717) is 5.56 Å². The van der Waals surface area contributed by atoms with E-state index in [9.17, 15) is 24.6 Å². The molecule has 2 unspecified atom stereocenters. The molecule has 4 atom stereocenters. The Morgan fingerprint density at radius 1 is 1.27 bits per heavy atom. The van der Waals surface area contributed by atoms with Crippen molar-refractivity contribution in [2.75, 3.05) is 6.54 Å². The van der Waals surface area contributed by atoms with Gasteiger partial charge in [0.1, 0.15) is 11.9 Å². The lowest BCUT2D eigenvalue weighted by Gasteiger charge is -2.34. The number of halogens is 1. The molecule has 1 aromatic carbocycles. The van der Waals surface area contributed by atoms with Crippen LogP contribution in [0.5, 0.6) is 0 Å². The zero-order chi connectivity index (χ0) is 26.4. The van der Waals surface area contributed by atoms with E-state index in [1.807, 2.05) is 31.2 Å². The minimum absolute atomic E-state index is 0. The molecule has 200 valence electrons. The second-order valence-electron chi connectivity index (χ2n) is 10.5. The summed E-state index contributed by atoms with van der Waals surface area (Å²) in [6.07, 6.45) is -1.94. The summed E-state index contributed by atoms with van der Waals surface area (Å²) in [5, 5.41) is 24.8. The van der Waals surface area contributed by atoms with Crippen LogP contribution in [0.4, 0.5) is 4.79 Å². The van der Waals surface area contributed by atoms with Crippen LogP contribution in [0, 0.1) is 12.3 Å². The molecule has 10 nitrogen and oxygen atoms in total. The lowest BCUT2D eigenvalue weighted by Crippen LogP contribution is -2.57. The third-order valence-corrected chi connectivity index (χ3v) is 7.72. The normalized spacial score (nSPS) is 24.2. The van der Waals surface area contributed by atoms with E-state index in [1.165, 1.54) is 4.90 Å². The predicted octanol–water partition coefficient (Wildman–Crippen LogP) is 2.93. The number of aliphatic hydroxyl groups is 1. The van der Waals surface area contributed by atoms with Crippen LogP contribution in [0.1, 0.15) is 45.4 Å². The van der Waals surface area contributed by atoms with Gasteiger partial charge in [-0.05, 0) is 30.4 Å². The van der Waals surface area contributed by atoms with E-state index in [4.69, 9.17) is 4.99 Å². The third-order valence-electron chi connectivity index (χ3n) is 6.74. The number of nitrogens with zero attached hydrogens (tertiary/aromatic N) is 3. The Bertz CT molecular complexity index is 1220. The molecule has 0 saturated carbocycles. The second kappa shape index (κ2) is 10.4. The molecule has 4 rings (SSSR count). The van der Waals surface area contributed by atoms with Crippen molar-refractivity contribution < 1.29 is 24.6 Å². The zero-order valence-electron chi connectivity index (χ0n) is 21.3. The number of carbonyl (C=O) groups is 3. The summed E-state index contributed by atoms with van der Waals surface area (Å²) < 4.78 is 0. The average molecular weight is 550 g/mol. The van der Waals surface area contributed by atoms with Crippen LogP contribution in [0.15, 0.2) is 34.8 Å². The fraction of sp³-hybridized carbons (Fsp3) is 0.480. The first kappa shape index (κ1) is 28.5. The minimum atomic E-state index is -1.31. The number of carbonyl (C=O) groups excluding carboxylic acids is 2. The van der Waals surface area contributed by atoms with E-state index in [-0.39, 0.29) is 37.1 Å². The molecule has 0 radical (unpaired) electrons. The molecule has 3 amide bonds. The number of likely N-dealkylation sites (tertiary alicyclic amines) is 1. The molecule has 1 saturated heterocycles. The van der Waals surface area contributed by atoms with Crippen LogP contribution in [0.25, 0.3) is 10.4 Å². The highest BCUT2D eigenvalue weighted by molar-refractivity contribution is 7.13. The highest BCUT2D eigenvalue weighted by Crippen LogP contribution is 2.35. The largest absolute Gasteiger partial charge is 0.465 e. The van der Waals surface area contributed by atoms with Gasteiger partial charge in [0, 0.05) is 13.0 Å². The summed E-state index contributed by atoms with van der Waals surface area (Å²) >= 11 is 1.55. The van der Waals surface area contributed by atoms with Gasteiger partial charge in [0.25, 0.3) is 5.91 Å². The molecule has 0 aliphatic carbocycles. The molecule has 2 aliphatic rings. The molecule has 0 spiro atoms. The van der Waals surface area contributed by atoms with Crippen molar-refractivity contribution in [2.24, 2.45) is 10.4 Å². The van der Waals surface area contributed by atoms with Gasteiger partial charge in [-0.25, -0.2) is 14.8 Å². The number of nitrogens with one attached hydrogen (secondary N) is 2. The highest BCUT2D eigenvalue weighted by atomic mass is 35.5. The number of benzene rings is 1. The smallest absolute Gasteiger partial charge is 0.405 e. The maximum Gasteiger partial charge on any atom is 0.405 e. The molecule has 4 N–H and O–H groups in total. The molecule has 1 fully saturated rings. The van der Waals surface area contributed by atoms with Gasteiger partial charge in [0.05, 0.1) is 28.2 Å². The average Bonchev–Trinajstić information content (AvgIpc) is 3.48. The quantitative estimate of drug-likeness (QED) is 0.451. The van der Waals surface area contributed by atoms with Crippen LogP contribution in [0.3, 0.4) is 0 Å². The molecule has 3 heterocycles. The summed E-state index contributed by atoms with van der Waals surface area (Å²) in [5.41, 5.74) is 2.51. The standard InChI is InChI=1S/C25H31N5O5S.ClH/c1-13-18(36-12-26-13)14-6-8-15(9-7-14)25(5)22(33)28-20(29-25)17-10-16(31)11-30(17)21(32)19(24(2,3)4)27-23(34)35;/h6-9,12,16-17,19,27,31H,10-11H2,1-5H3,(H,34,35)(H,28,29,33);1H/t16-,17?,19-,25?;/m1./s1. The Morgan fingerprint density at radius 3 is 2.46 bits per heavy atom. The maximum absolute atomic E-state index is 13.4. The van der Waals surface area contributed by atoms with E-state index >= 15 is 0 Å². The Labute approximate surface area is 225 Å². The summed E-state index contributed by atoms with van der Waals surface area (Å²) in [4.78, 5) is 49.4. The van der Waals surface area contributed by atoms with Gasteiger partial charge >= 0.3 is 6.09 Å². The van der Waals surface area contributed by atoms with Crippen LogP contribution in [-0.2, 0) is 15.1 Å². The second-order valence-corrected chi connectivity index (χ2v) is 11.4. The number of hydrogen-bond acceptors (Lipinski definition) is 7. The van der Waals surface area contributed by atoms with Crippen molar-refractivity contribution in [3.8, 4) is 10.4 Å². The molecule has 2 aliphatic heterocycles. The van der Waals surface area contributed by atoms with Gasteiger partial charge in [-0.3, -0.25) is 9.59 Å². The van der Waals surface area contributed by atoms with Crippen LogP contribution in [0.2, 0.25) is 0 Å². The monoisotopic (exact) mass is 549 g/mol. The summed E-state index contributed by atoms with van der Waals surface area (Å²) in [6.45, 7) is 8.96. The topological polar surface area (TPSA) is 144 Å². The molecular formula is C25H32ClN5O5S. The number of aryl methyl sites for hydroxylation is 1. The Kier molecular flexibility index (Phi) is 8.02. The minimum Gasteiger partial charge on any atom is -0.465 e. The fourth-order valence-corrected chi connectivity index (χ4v) is 5.50. The number of thiazole rings is 1. The van der Waals surface area contributed by atoms with Gasteiger partial charge in [-0.1, -0.05) is 45.0 Å². The first-order valence-corrected chi connectivity index (χ1v) is 12.6. The summed E-state index contributed by atoms with van der Waals surface area (Å²) in [6, 6.07) is 5.87. The van der Waals surface area contributed by atoms with Crippen LogP contribution in [-0.4, -0.2) is 68.6 Å². The van der Waals surface area contributed by atoms with Crippen molar-refractivity contribution in [2.45, 2.75) is 64.8 Å². The lowest BCUT2D eigenvalue weighted by atomic mass is 9.85. The third kappa shape index (κ3) is 5.48. The van der Waals surface area contributed by atoms with Crippen molar-refractivity contribution in [3.63, 3.8) is 0 Å².